The van der Waals surface area contributed by atoms with Crippen molar-refractivity contribution in [2.45, 2.75) is 19.8 Å². The third kappa shape index (κ3) is 2.69. The van der Waals surface area contributed by atoms with E-state index in [1.807, 2.05) is 6.92 Å². The van der Waals surface area contributed by atoms with Gasteiger partial charge in [0.25, 0.3) is 0 Å². The highest BCUT2D eigenvalue weighted by Crippen LogP contribution is 2.17. The van der Waals surface area contributed by atoms with Gasteiger partial charge in [0.15, 0.2) is 0 Å². The Labute approximate surface area is 82.7 Å². The smallest absolute Gasteiger partial charge is 0.308 e. The molecule has 0 fully saturated rings. The molecule has 0 aliphatic carbocycles. The number of carbonyl (C=O) groups excluding carboxylic acids is 2. The van der Waals surface area contributed by atoms with Gasteiger partial charge in [-0.25, -0.2) is 0 Å². The van der Waals surface area contributed by atoms with Gasteiger partial charge in [0.1, 0.15) is 12.0 Å². The van der Waals surface area contributed by atoms with E-state index in [-0.39, 0.29) is 11.9 Å². The van der Waals surface area contributed by atoms with E-state index in [2.05, 4.69) is 0 Å². The highest BCUT2D eigenvalue weighted by Gasteiger charge is 2.03. The first-order valence-electron chi connectivity index (χ1n) is 4.37. The fourth-order valence-corrected chi connectivity index (χ4v) is 1.08. The van der Waals surface area contributed by atoms with Crippen molar-refractivity contribution in [2.24, 2.45) is 0 Å². The van der Waals surface area contributed by atoms with E-state index in [1.54, 1.807) is 24.3 Å². The molecular formula is C11H12O3. The Kier molecular flexibility index (Phi) is 3.40. The van der Waals surface area contributed by atoms with Crippen molar-refractivity contribution in [3.05, 3.63) is 29.8 Å². The minimum atomic E-state index is -0.346. The number of aldehydes is 1. The van der Waals surface area contributed by atoms with Gasteiger partial charge in [-0.3, -0.25) is 4.79 Å². The van der Waals surface area contributed by atoms with Crippen LogP contribution in [0.4, 0.5) is 0 Å². The predicted octanol–water partition coefficient (Wildman–Crippen LogP) is 1.91. The minimum absolute atomic E-state index is 0.124. The molecule has 74 valence electrons. The summed E-state index contributed by atoms with van der Waals surface area (Å²) in [6.07, 6.45) is 0.876. The minimum Gasteiger partial charge on any atom is -0.427 e. The van der Waals surface area contributed by atoms with Gasteiger partial charge < -0.3 is 9.53 Å². The SMILES string of the molecule is CC(=O)Oc1ccc([C@@H](C)C=O)cc1. The van der Waals surface area contributed by atoms with Gasteiger partial charge in [-0.2, -0.15) is 0 Å². The molecule has 1 aromatic carbocycles. The molecule has 1 rings (SSSR count). The summed E-state index contributed by atoms with van der Waals surface area (Å²) in [5.74, 6) is 0.0295. The molecule has 3 nitrogen and oxygen atoms in total. The average Bonchev–Trinajstić information content (AvgIpc) is 2.17. The highest BCUT2D eigenvalue weighted by atomic mass is 16.5. The molecule has 0 radical (unpaired) electrons. The highest BCUT2D eigenvalue weighted by molar-refractivity contribution is 5.69. The topological polar surface area (TPSA) is 43.4 Å². The molecular weight excluding hydrogens is 180 g/mol. The van der Waals surface area contributed by atoms with Gasteiger partial charge in [-0.05, 0) is 17.7 Å². The normalized spacial score (nSPS) is 11.9. The molecule has 0 bridgehead atoms. The molecule has 0 N–H and O–H groups in total. The zero-order valence-electron chi connectivity index (χ0n) is 8.19. The molecule has 0 heterocycles. The summed E-state index contributed by atoms with van der Waals surface area (Å²) in [4.78, 5) is 21.1. The van der Waals surface area contributed by atoms with Crippen LogP contribution in [0.5, 0.6) is 5.75 Å². The van der Waals surface area contributed by atoms with Crippen molar-refractivity contribution in [1.29, 1.82) is 0 Å². The van der Waals surface area contributed by atoms with Crippen LogP contribution < -0.4 is 4.74 Å². The second-order valence-electron chi connectivity index (χ2n) is 3.09. The van der Waals surface area contributed by atoms with Crippen molar-refractivity contribution in [3.63, 3.8) is 0 Å². The van der Waals surface area contributed by atoms with Gasteiger partial charge in [-0.1, -0.05) is 19.1 Å². The largest absolute Gasteiger partial charge is 0.427 e. The average molecular weight is 192 g/mol. The van der Waals surface area contributed by atoms with E-state index in [0.29, 0.717) is 5.75 Å². The molecule has 0 amide bonds. The summed E-state index contributed by atoms with van der Waals surface area (Å²) in [6.45, 7) is 3.16. The van der Waals surface area contributed by atoms with Crippen LogP contribution in [0, 0.1) is 0 Å². The number of benzene rings is 1. The van der Waals surface area contributed by atoms with Crippen LogP contribution in [-0.2, 0) is 9.59 Å². The van der Waals surface area contributed by atoms with Crippen molar-refractivity contribution in [3.8, 4) is 5.75 Å². The number of hydrogen-bond acceptors (Lipinski definition) is 3. The molecule has 0 spiro atoms. The predicted molar refractivity (Wildman–Crippen MR) is 52.2 cm³/mol. The fourth-order valence-electron chi connectivity index (χ4n) is 1.08. The van der Waals surface area contributed by atoms with E-state index < -0.39 is 0 Å². The first-order chi connectivity index (χ1) is 6.63. The van der Waals surface area contributed by atoms with Crippen molar-refractivity contribution < 1.29 is 14.3 Å². The van der Waals surface area contributed by atoms with Gasteiger partial charge in [0.05, 0.1) is 0 Å². The van der Waals surface area contributed by atoms with Crippen molar-refractivity contribution >= 4 is 12.3 Å². The summed E-state index contributed by atoms with van der Waals surface area (Å²) >= 11 is 0. The molecule has 0 aromatic heterocycles. The third-order valence-electron chi connectivity index (χ3n) is 1.87. The molecule has 0 aliphatic heterocycles. The quantitative estimate of drug-likeness (QED) is 0.417. The standard InChI is InChI=1S/C11H12O3/c1-8(7-12)10-3-5-11(6-4-10)14-9(2)13/h3-8H,1-2H3/t8-/m0/s1. The summed E-state index contributed by atoms with van der Waals surface area (Å²) < 4.78 is 4.86. The molecule has 0 saturated carbocycles. The zero-order valence-corrected chi connectivity index (χ0v) is 8.19. The lowest BCUT2D eigenvalue weighted by molar-refractivity contribution is -0.131. The second-order valence-corrected chi connectivity index (χ2v) is 3.09. The lowest BCUT2D eigenvalue weighted by Crippen LogP contribution is -2.01. The Morgan fingerprint density at radius 2 is 1.93 bits per heavy atom. The maximum atomic E-state index is 10.6. The van der Waals surface area contributed by atoms with Gasteiger partial charge in [0.2, 0.25) is 0 Å². The first kappa shape index (κ1) is 10.4. The second kappa shape index (κ2) is 4.56. The van der Waals surface area contributed by atoms with Crippen LogP contribution in [-0.4, -0.2) is 12.3 Å². The van der Waals surface area contributed by atoms with E-state index in [0.717, 1.165) is 11.8 Å². The lowest BCUT2D eigenvalue weighted by atomic mass is 10.0. The molecule has 14 heavy (non-hydrogen) atoms. The van der Waals surface area contributed by atoms with E-state index >= 15 is 0 Å². The summed E-state index contributed by atoms with van der Waals surface area (Å²) in [7, 11) is 0. The maximum Gasteiger partial charge on any atom is 0.308 e. The summed E-state index contributed by atoms with van der Waals surface area (Å²) in [5.41, 5.74) is 0.913. The van der Waals surface area contributed by atoms with E-state index in [9.17, 15) is 9.59 Å². The number of carbonyl (C=O) groups is 2. The van der Waals surface area contributed by atoms with Crippen LogP contribution in [0.3, 0.4) is 0 Å². The number of ether oxygens (including phenoxy) is 1. The summed E-state index contributed by atoms with van der Waals surface area (Å²) in [5, 5.41) is 0. The monoisotopic (exact) mass is 192 g/mol. The molecule has 1 atom stereocenters. The molecule has 0 saturated heterocycles. The fraction of sp³-hybridized carbons (Fsp3) is 0.273. The Morgan fingerprint density at radius 1 is 1.36 bits per heavy atom. The van der Waals surface area contributed by atoms with Crippen LogP contribution >= 0.6 is 0 Å². The van der Waals surface area contributed by atoms with Crippen molar-refractivity contribution in [1.82, 2.24) is 0 Å². The van der Waals surface area contributed by atoms with Crippen molar-refractivity contribution in [2.75, 3.05) is 0 Å². The Balaban J connectivity index is 2.78. The van der Waals surface area contributed by atoms with Gasteiger partial charge in [-0.15, -0.1) is 0 Å². The maximum absolute atomic E-state index is 10.6. The van der Waals surface area contributed by atoms with Gasteiger partial charge >= 0.3 is 5.97 Å². The van der Waals surface area contributed by atoms with Gasteiger partial charge in [0, 0.05) is 12.8 Å². The Morgan fingerprint density at radius 3 is 2.36 bits per heavy atom. The molecule has 3 heteroatoms. The molecule has 0 aliphatic rings. The van der Waals surface area contributed by atoms with Crippen LogP contribution in [0.15, 0.2) is 24.3 Å². The number of esters is 1. The van der Waals surface area contributed by atoms with Crippen LogP contribution in [0.1, 0.15) is 25.3 Å². The Hall–Kier alpha value is -1.64. The summed E-state index contributed by atoms with van der Waals surface area (Å²) in [6, 6.07) is 6.90. The Bertz CT molecular complexity index is 327. The van der Waals surface area contributed by atoms with Crippen LogP contribution in [0.25, 0.3) is 0 Å². The lowest BCUT2D eigenvalue weighted by Gasteiger charge is -2.05. The molecule has 0 unspecified atom stereocenters. The number of rotatable bonds is 3. The number of hydrogen-bond donors (Lipinski definition) is 0. The van der Waals surface area contributed by atoms with E-state index in [1.165, 1.54) is 6.92 Å². The third-order valence-corrected chi connectivity index (χ3v) is 1.87. The zero-order chi connectivity index (χ0) is 10.6. The van der Waals surface area contributed by atoms with Crippen LogP contribution in [0.2, 0.25) is 0 Å². The molecule has 1 aromatic rings. The van der Waals surface area contributed by atoms with E-state index in [4.69, 9.17) is 4.74 Å². The first-order valence-corrected chi connectivity index (χ1v) is 4.37.